The molecule has 94 valence electrons. The number of benzene rings is 1. The van der Waals surface area contributed by atoms with Crippen LogP contribution in [0.4, 0.5) is 8.78 Å². The minimum Gasteiger partial charge on any atom is -0.347 e. The molecule has 0 aliphatic heterocycles. The maximum absolute atomic E-state index is 12.9. The van der Waals surface area contributed by atoms with E-state index in [-0.39, 0.29) is 5.56 Å². The van der Waals surface area contributed by atoms with Crippen molar-refractivity contribution in [2.45, 2.75) is 6.54 Å². The summed E-state index contributed by atoms with van der Waals surface area (Å²) in [7, 11) is 0. The quantitative estimate of drug-likeness (QED) is 0.912. The van der Waals surface area contributed by atoms with Gasteiger partial charge in [-0.15, -0.1) is 11.3 Å². The zero-order chi connectivity index (χ0) is 13.1. The summed E-state index contributed by atoms with van der Waals surface area (Å²) >= 11 is 4.81. The number of carbonyl (C=O) groups excluding carboxylic acids is 1. The standard InChI is InChI=1S/C12H8BrF2NOS/c13-11-4-2-8(18-11)6-16-12(17)7-1-3-9(14)10(15)5-7/h1-5H,6H2,(H,16,17). The van der Waals surface area contributed by atoms with Crippen LogP contribution in [0.25, 0.3) is 0 Å². The molecule has 0 aliphatic rings. The number of halogens is 3. The van der Waals surface area contributed by atoms with Crippen LogP contribution in [0, 0.1) is 11.6 Å². The van der Waals surface area contributed by atoms with Crippen molar-refractivity contribution < 1.29 is 13.6 Å². The summed E-state index contributed by atoms with van der Waals surface area (Å²) in [6, 6.07) is 6.82. The Labute approximate surface area is 115 Å². The second-order valence-electron chi connectivity index (χ2n) is 3.52. The summed E-state index contributed by atoms with van der Waals surface area (Å²) in [6.07, 6.45) is 0. The average molecular weight is 332 g/mol. The van der Waals surface area contributed by atoms with Crippen LogP contribution < -0.4 is 5.32 Å². The molecule has 0 bridgehead atoms. The first-order chi connectivity index (χ1) is 8.56. The lowest BCUT2D eigenvalue weighted by molar-refractivity contribution is 0.0950. The SMILES string of the molecule is O=C(NCc1ccc(Br)s1)c1ccc(F)c(F)c1. The van der Waals surface area contributed by atoms with E-state index >= 15 is 0 Å². The predicted octanol–water partition coefficient (Wildman–Crippen LogP) is 3.72. The number of thiophene rings is 1. The number of carbonyl (C=O) groups is 1. The van der Waals surface area contributed by atoms with Gasteiger partial charge >= 0.3 is 0 Å². The minimum atomic E-state index is -1.03. The summed E-state index contributed by atoms with van der Waals surface area (Å²) in [6.45, 7) is 0.355. The Bertz CT molecular complexity index is 585. The average Bonchev–Trinajstić information content (AvgIpc) is 2.75. The highest BCUT2D eigenvalue weighted by Gasteiger charge is 2.09. The zero-order valence-corrected chi connectivity index (χ0v) is 11.4. The van der Waals surface area contributed by atoms with Crippen molar-refractivity contribution in [1.82, 2.24) is 5.32 Å². The van der Waals surface area contributed by atoms with Crippen molar-refractivity contribution in [2.75, 3.05) is 0 Å². The zero-order valence-electron chi connectivity index (χ0n) is 9.04. The number of rotatable bonds is 3. The number of hydrogen-bond donors (Lipinski definition) is 1. The van der Waals surface area contributed by atoms with Gasteiger partial charge in [-0.05, 0) is 46.3 Å². The smallest absolute Gasteiger partial charge is 0.251 e. The van der Waals surface area contributed by atoms with Gasteiger partial charge in [0.2, 0.25) is 0 Å². The van der Waals surface area contributed by atoms with Gasteiger partial charge in [-0.25, -0.2) is 8.78 Å². The van der Waals surface area contributed by atoms with E-state index in [1.807, 2.05) is 12.1 Å². The molecule has 0 unspecified atom stereocenters. The third kappa shape index (κ3) is 3.14. The van der Waals surface area contributed by atoms with Crippen molar-refractivity contribution in [3.63, 3.8) is 0 Å². The van der Waals surface area contributed by atoms with Crippen molar-refractivity contribution in [2.24, 2.45) is 0 Å². The fourth-order valence-electron chi connectivity index (χ4n) is 1.35. The van der Waals surface area contributed by atoms with E-state index in [1.54, 1.807) is 0 Å². The van der Waals surface area contributed by atoms with E-state index in [0.29, 0.717) is 6.54 Å². The predicted molar refractivity (Wildman–Crippen MR) is 69.5 cm³/mol. The van der Waals surface area contributed by atoms with Crippen molar-refractivity contribution >= 4 is 33.2 Å². The molecular formula is C12H8BrF2NOS. The molecule has 0 radical (unpaired) electrons. The fourth-order valence-corrected chi connectivity index (χ4v) is 2.78. The molecule has 2 aromatic rings. The Hall–Kier alpha value is -1.27. The van der Waals surface area contributed by atoms with Crippen LogP contribution in [0.2, 0.25) is 0 Å². The van der Waals surface area contributed by atoms with Gasteiger partial charge in [0.05, 0.1) is 10.3 Å². The first-order valence-corrected chi connectivity index (χ1v) is 6.64. The van der Waals surface area contributed by atoms with E-state index in [4.69, 9.17) is 0 Å². The molecule has 0 atom stereocenters. The van der Waals surface area contributed by atoms with Crippen LogP contribution in [-0.4, -0.2) is 5.91 Å². The molecule has 2 nitrogen and oxygen atoms in total. The minimum absolute atomic E-state index is 0.101. The molecule has 0 aliphatic carbocycles. The molecule has 6 heteroatoms. The third-order valence-corrected chi connectivity index (χ3v) is 3.86. The van der Waals surface area contributed by atoms with Crippen LogP contribution in [-0.2, 0) is 6.54 Å². The molecule has 18 heavy (non-hydrogen) atoms. The molecule has 1 aromatic heterocycles. The summed E-state index contributed by atoms with van der Waals surface area (Å²) in [5.74, 6) is -2.42. The van der Waals surface area contributed by atoms with Gasteiger partial charge in [-0.1, -0.05) is 0 Å². The normalized spacial score (nSPS) is 10.4. The Morgan fingerprint density at radius 2 is 2.00 bits per heavy atom. The number of hydrogen-bond acceptors (Lipinski definition) is 2. The summed E-state index contributed by atoms with van der Waals surface area (Å²) in [5.41, 5.74) is 0.101. The Morgan fingerprint density at radius 3 is 2.61 bits per heavy atom. The van der Waals surface area contributed by atoms with E-state index in [0.717, 1.165) is 20.8 Å². The molecule has 1 aromatic carbocycles. The fraction of sp³-hybridized carbons (Fsp3) is 0.0833. The Balaban J connectivity index is 2.01. The van der Waals surface area contributed by atoms with Gasteiger partial charge in [-0.2, -0.15) is 0 Å². The second-order valence-corrected chi connectivity index (χ2v) is 6.06. The molecule has 2 rings (SSSR count). The van der Waals surface area contributed by atoms with E-state index in [1.165, 1.54) is 17.4 Å². The molecule has 0 spiro atoms. The van der Waals surface area contributed by atoms with E-state index < -0.39 is 17.5 Å². The second kappa shape index (κ2) is 5.58. The van der Waals surface area contributed by atoms with Gasteiger partial charge in [0.25, 0.3) is 5.91 Å². The van der Waals surface area contributed by atoms with Gasteiger partial charge < -0.3 is 5.32 Å². The summed E-state index contributed by atoms with van der Waals surface area (Å²) < 4.78 is 26.6. The van der Waals surface area contributed by atoms with E-state index in [9.17, 15) is 13.6 Å². The maximum atomic E-state index is 12.9. The molecule has 0 saturated carbocycles. The van der Waals surface area contributed by atoms with Gasteiger partial charge in [-0.3, -0.25) is 4.79 Å². The van der Waals surface area contributed by atoms with E-state index in [2.05, 4.69) is 21.2 Å². The molecule has 1 amide bonds. The van der Waals surface area contributed by atoms with Crippen molar-refractivity contribution in [3.05, 3.63) is 56.2 Å². The highest BCUT2D eigenvalue weighted by Crippen LogP contribution is 2.21. The number of amides is 1. The van der Waals surface area contributed by atoms with Crippen molar-refractivity contribution in [1.29, 1.82) is 0 Å². The molecule has 1 N–H and O–H groups in total. The van der Waals surface area contributed by atoms with Crippen LogP contribution >= 0.6 is 27.3 Å². The van der Waals surface area contributed by atoms with Crippen LogP contribution in [0.1, 0.15) is 15.2 Å². The van der Waals surface area contributed by atoms with Gasteiger partial charge in [0.1, 0.15) is 0 Å². The van der Waals surface area contributed by atoms with Crippen LogP contribution in [0.3, 0.4) is 0 Å². The highest BCUT2D eigenvalue weighted by atomic mass is 79.9. The topological polar surface area (TPSA) is 29.1 Å². The molecule has 0 saturated heterocycles. The molecule has 1 heterocycles. The first-order valence-electron chi connectivity index (χ1n) is 5.04. The summed E-state index contributed by atoms with van der Waals surface area (Å²) in [5, 5.41) is 2.64. The monoisotopic (exact) mass is 331 g/mol. The lowest BCUT2D eigenvalue weighted by atomic mass is 10.2. The van der Waals surface area contributed by atoms with Crippen LogP contribution in [0.15, 0.2) is 34.1 Å². The Kier molecular flexibility index (Phi) is 4.08. The van der Waals surface area contributed by atoms with Crippen LogP contribution in [0.5, 0.6) is 0 Å². The van der Waals surface area contributed by atoms with Gasteiger partial charge in [0, 0.05) is 10.4 Å². The third-order valence-electron chi connectivity index (χ3n) is 2.23. The molecule has 0 fully saturated rings. The highest BCUT2D eigenvalue weighted by molar-refractivity contribution is 9.11. The molecular weight excluding hydrogens is 324 g/mol. The lowest BCUT2D eigenvalue weighted by Gasteiger charge is -2.04. The number of nitrogens with one attached hydrogen (secondary N) is 1. The largest absolute Gasteiger partial charge is 0.347 e. The van der Waals surface area contributed by atoms with Crippen molar-refractivity contribution in [3.8, 4) is 0 Å². The van der Waals surface area contributed by atoms with Gasteiger partial charge in [0.15, 0.2) is 11.6 Å². The lowest BCUT2D eigenvalue weighted by Crippen LogP contribution is -2.22. The summed E-state index contributed by atoms with van der Waals surface area (Å²) in [4.78, 5) is 12.7. The Morgan fingerprint density at radius 1 is 1.22 bits per heavy atom. The maximum Gasteiger partial charge on any atom is 0.251 e. The first kappa shape index (κ1) is 13.2.